The van der Waals surface area contributed by atoms with Crippen LogP contribution in [0.15, 0.2) is 23.2 Å². The number of aliphatic imine (C=N–C) groups is 1. The van der Waals surface area contributed by atoms with Crippen molar-refractivity contribution in [3.8, 4) is 0 Å². The summed E-state index contributed by atoms with van der Waals surface area (Å²) in [6, 6.07) is 3.35. The molecular formula is C10H14F2IN3. The quantitative estimate of drug-likeness (QED) is 0.490. The van der Waals surface area contributed by atoms with Crippen LogP contribution in [0.5, 0.6) is 0 Å². The number of halogens is 3. The second kappa shape index (κ2) is 7.37. The lowest BCUT2D eigenvalue weighted by Crippen LogP contribution is -2.34. The zero-order valence-corrected chi connectivity index (χ0v) is 11.4. The van der Waals surface area contributed by atoms with Gasteiger partial charge in [-0.3, -0.25) is 4.99 Å². The molecule has 0 unspecified atom stereocenters. The average molecular weight is 341 g/mol. The van der Waals surface area contributed by atoms with Gasteiger partial charge in [0.25, 0.3) is 0 Å². The second-order valence-electron chi connectivity index (χ2n) is 2.91. The van der Waals surface area contributed by atoms with Gasteiger partial charge < -0.3 is 10.6 Å². The van der Waals surface area contributed by atoms with Crippen LogP contribution in [0.3, 0.4) is 0 Å². The van der Waals surface area contributed by atoms with Gasteiger partial charge in [-0.05, 0) is 18.2 Å². The monoisotopic (exact) mass is 341 g/mol. The molecule has 0 spiro atoms. The van der Waals surface area contributed by atoms with Crippen LogP contribution in [-0.4, -0.2) is 20.1 Å². The summed E-state index contributed by atoms with van der Waals surface area (Å²) >= 11 is 0. The number of hydrogen-bond acceptors (Lipinski definition) is 1. The van der Waals surface area contributed by atoms with E-state index in [4.69, 9.17) is 0 Å². The molecule has 0 bridgehead atoms. The maximum absolute atomic E-state index is 13.2. The van der Waals surface area contributed by atoms with Crippen LogP contribution in [0.4, 0.5) is 8.78 Å². The number of hydrogen-bond donors (Lipinski definition) is 2. The molecule has 1 aromatic rings. The van der Waals surface area contributed by atoms with Gasteiger partial charge in [0, 0.05) is 26.2 Å². The van der Waals surface area contributed by atoms with E-state index < -0.39 is 11.6 Å². The lowest BCUT2D eigenvalue weighted by molar-refractivity contribution is 0.581. The molecule has 0 heterocycles. The maximum Gasteiger partial charge on any atom is 0.190 e. The third kappa shape index (κ3) is 4.30. The number of benzene rings is 1. The Balaban J connectivity index is 0.00000225. The van der Waals surface area contributed by atoms with Crippen LogP contribution in [0.25, 0.3) is 0 Å². The first-order chi connectivity index (χ1) is 7.17. The normalized spacial score (nSPS) is 10.6. The average Bonchev–Trinajstić information content (AvgIpc) is 2.24. The van der Waals surface area contributed by atoms with E-state index >= 15 is 0 Å². The summed E-state index contributed by atoms with van der Waals surface area (Å²) in [4.78, 5) is 3.85. The van der Waals surface area contributed by atoms with E-state index in [0.717, 1.165) is 18.2 Å². The largest absolute Gasteiger partial charge is 0.359 e. The van der Waals surface area contributed by atoms with Crippen molar-refractivity contribution in [3.05, 3.63) is 35.4 Å². The fourth-order valence-electron chi connectivity index (χ4n) is 1.14. The predicted molar refractivity (Wildman–Crippen MR) is 71.0 cm³/mol. The molecule has 0 saturated carbocycles. The SMILES string of the molecule is CN=C(NC)NCc1cc(F)ccc1F.I. The molecule has 6 heteroatoms. The Morgan fingerprint density at radius 3 is 2.62 bits per heavy atom. The van der Waals surface area contributed by atoms with Crippen molar-refractivity contribution >= 4 is 29.9 Å². The first kappa shape index (κ1) is 15.1. The van der Waals surface area contributed by atoms with Crippen LogP contribution in [0, 0.1) is 11.6 Å². The van der Waals surface area contributed by atoms with Crippen molar-refractivity contribution in [3.63, 3.8) is 0 Å². The standard InChI is InChI=1S/C10H13F2N3.HI/c1-13-10(14-2)15-6-7-5-8(11)3-4-9(7)12;/h3-5H,6H2,1-2H3,(H2,13,14,15);1H. The van der Waals surface area contributed by atoms with Crippen LogP contribution < -0.4 is 10.6 Å². The molecule has 0 aliphatic heterocycles. The zero-order valence-electron chi connectivity index (χ0n) is 9.05. The van der Waals surface area contributed by atoms with E-state index in [2.05, 4.69) is 15.6 Å². The third-order valence-electron chi connectivity index (χ3n) is 1.91. The highest BCUT2D eigenvalue weighted by Gasteiger charge is 2.03. The summed E-state index contributed by atoms with van der Waals surface area (Å²) in [5, 5.41) is 5.61. The Hall–Kier alpha value is -0.920. The minimum atomic E-state index is -0.451. The Kier molecular flexibility index (Phi) is 6.95. The van der Waals surface area contributed by atoms with Gasteiger partial charge in [-0.15, -0.1) is 24.0 Å². The number of nitrogens with one attached hydrogen (secondary N) is 2. The van der Waals surface area contributed by atoms with Crippen LogP contribution in [-0.2, 0) is 6.54 Å². The molecule has 0 aliphatic rings. The Morgan fingerprint density at radius 2 is 2.06 bits per heavy atom. The minimum absolute atomic E-state index is 0. The summed E-state index contributed by atoms with van der Waals surface area (Å²) in [5.41, 5.74) is 0.270. The third-order valence-corrected chi connectivity index (χ3v) is 1.91. The summed E-state index contributed by atoms with van der Waals surface area (Å²) < 4.78 is 26.0. The molecule has 0 aliphatic carbocycles. The molecule has 0 fully saturated rings. The molecular weight excluding hydrogens is 327 g/mol. The molecule has 0 saturated heterocycles. The van der Waals surface area contributed by atoms with E-state index in [9.17, 15) is 8.78 Å². The number of nitrogens with zero attached hydrogens (tertiary/aromatic N) is 1. The molecule has 3 nitrogen and oxygen atoms in total. The number of guanidine groups is 1. The van der Waals surface area contributed by atoms with E-state index in [-0.39, 0.29) is 36.1 Å². The predicted octanol–water partition coefficient (Wildman–Crippen LogP) is 1.88. The maximum atomic E-state index is 13.2. The molecule has 90 valence electrons. The summed E-state index contributed by atoms with van der Waals surface area (Å²) in [5.74, 6) is -0.359. The highest BCUT2D eigenvalue weighted by Crippen LogP contribution is 2.08. The van der Waals surface area contributed by atoms with Gasteiger partial charge in [-0.1, -0.05) is 0 Å². The van der Waals surface area contributed by atoms with Crippen LogP contribution in [0.2, 0.25) is 0 Å². The van der Waals surface area contributed by atoms with E-state index in [1.807, 2.05) is 0 Å². The Labute approximate surface area is 110 Å². The molecule has 0 amide bonds. The van der Waals surface area contributed by atoms with Crippen molar-refractivity contribution in [1.29, 1.82) is 0 Å². The highest BCUT2D eigenvalue weighted by molar-refractivity contribution is 14.0. The van der Waals surface area contributed by atoms with Crippen molar-refractivity contribution in [1.82, 2.24) is 10.6 Å². The summed E-state index contributed by atoms with van der Waals surface area (Å²) in [6.07, 6.45) is 0. The van der Waals surface area contributed by atoms with Crippen molar-refractivity contribution < 1.29 is 8.78 Å². The summed E-state index contributed by atoms with van der Waals surface area (Å²) in [6.45, 7) is 0.192. The van der Waals surface area contributed by atoms with Gasteiger partial charge in [-0.2, -0.15) is 0 Å². The Morgan fingerprint density at radius 1 is 1.38 bits per heavy atom. The smallest absolute Gasteiger partial charge is 0.190 e. The van der Waals surface area contributed by atoms with Gasteiger partial charge >= 0.3 is 0 Å². The van der Waals surface area contributed by atoms with Crippen molar-refractivity contribution in [2.45, 2.75) is 6.54 Å². The van der Waals surface area contributed by atoms with Crippen molar-refractivity contribution in [2.75, 3.05) is 14.1 Å². The molecule has 16 heavy (non-hydrogen) atoms. The topological polar surface area (TPSA) is 36.4 Å². The van der Waals surface area contributed by atoms with E-state index in [0.29, 0.717) is 5.96 Å². The summed E-state index contributed by atoms with van der Waals surface area (Å²) in [7, 11) is 3.29. The van der Waals surface area contributed by atoms with Gasteiger partial charge in [-0.25, -0.2) is 8.78 Å². The Bertz CT molecular complexity index is 369. The van der Waals surface area contributed by atoms with Crippen LogP contribution in [0.1, 0.15) is 5.56 Å². The van der Waals surface area contributed by atoms with Gasteiger partial charge in [0.2, 0.25) is 0 Å². The lowest BCUT2D eigenvalue weighted by Gasteiger charge is -2.08. The fraction of sp³-hybridized carbons (Fsp3) is 0.300. The second-order valence-corrected chi connectivity index (χ2v) is 2.91. The molecule has 0 atom stereocenters. The van der Waals surface area contributed by atoms with Gasteiger partial charge in [0.05, 0.1) is 0 Å². The minimum Gasteiger partial charge on any atom is -0.359 e. The first-order valence-electron chi connectivity index (χ1n) is 4.49. The highest BCUT2D eigenvalue weighted by atomic mass is 127. The molecule has 1 rings (SSSR count). The van der Waals surface area contributed by atoms with Crippen molar-refractivity contribution in [2.24, 2.45) is 4.99 Å². The zero-order chi connectivity index (χ0) is 11.3. The molecule has 0 aromatic heterocycles. The molecule has 0 radical (unpaired) electrons. The lowest BCUT2D eigenvalue weighted by atomic mass is 10.2. The number of rotatable bonds is 2. The van der Waals surface area contributed by atoms with Gasteiger partial charge in [0.1, 0.15) is 11.6 Å². The van der Waals surface area contributed by atoms with Gasteiger partial charge in [0.15, 0.2) is 5.96 Å². The molecule has 1 aromatic carbocycles. The van der Waals surface area contributed by atoms with E-state index in [1.165, 1.54) is 0 Å². The fourth-order valence-corrected chi connectivity index (χ4v) is 1.14. The van der Waals surface area contributed by atoms with Crippen LogP contribution >= 0.6 is 24.0 Å². The first-order valence-corrected chi connectivity index (χ1v) is 4.49. The molecule has 2 N–H and O–H groups in total. The van der Waals surface area contributed by atoms with E-state index in [1.54, 1.807) is 14.1 Å².